The minimum Gasteiger partial charge on any atom is -0.395 e. The van der Waals surface area contributed by atoms with E-state index >= 15 is 0 Å². The van der Waals surface area contributed by atoms with Gasteiger partial charge in [0.25, 0.3) is 10.0 Å². The molecule has 1 aromatic carbocycles. The number of aliphatic hydroxyl groups excluding tert-OH is 1. The highest BCUT2D eigenvalue weighted by atomic mass is 32.2. The molecule has 2 rings (SSSR count). The number of anilines is 1. The number of aromatic nitrogens is 1. The van der Waals surface area contributed by atoms with Crippen LogP contribution in [0.25, 0.3) is 0 Å². The summed E-state index contributed by atoms with van der Waals surface area (Å²) in [6.45, 7) is 0.00210. The molecule has 0 atom stereocenters. The van der Waals surface area contributed by atoms with Gasteiger partial charge in [0, 0.05) is 12.0 Å². The van der Waals surface area contributed by atoms with E-state index in [0.29, 0.717) is 12.0 Å². The number of nitrogens with one attached hydrogen (secondary N) is 1. The van der Waals surface area contributed by atoms with Gasteiger partial charge >= 0.3 is 0 Å². The molecule has 7 heteroatoms. The average Bonchev–Trinajstić information content (AvgIpc) is 2.92. The van der Waals surface area contributed by atoms with Gasteiger partial charge in [-0.1, -0.05) is 17.0 Å². The van der Waals surface area contributed by atoms with E-state index in [1.54, 1.807) is 12.1 Å². The van der Waals surface area contributed by atoms with E-state index in [2.05, 4.69) is 26.2 Å². The van der Waals surface area contributed by atoms with Crippen LogP contribution in [0.4, 0.5) is 5.69 Å². The highest BCUT2D eigenvalue weighted by Crippen LogP contribution is 2.15. The Morgan fingerprint density at radius 1 is 1.30 bits per heavy atom. The van der Waals surface area contributed by atoms with E-state index in [4.69, 9.17) is 5.11 Å². The number of nitrogens with zero attached hydrogens (tertiary/aromatic N) is 1. The Morgan fingerprint density at radius 3 is 2.65 bits per heavy atom. The summed E-state index contributed by atoms with van der Waals surface area (Å²) in [6, 6.07) is 6.12. The molecule has 0 radical (unpaired) electrons. The molecule has 1 heterocycles. The van der Waals surface area contributed by atoms with Crippen LogP contribution in [0.15, 0.2) is 46.1 Å². The van der Waals surface area contributed by atoms with Crippen molar-refractivity contribution in [2.75, 3.05) is 11.3 Å². The predicted molar refractivity (Wildman–Crippen MR) is 72.3 cm³/mol. The van der Waals surface area contributed by atoms with Crippen LogP contribution in [-0.4, -0.2) is 25.3 Å². The summed E-state index contributed by atoms with van der Waals surface area (Å²) in [4.78, 5) is 0.117. The molecule has 0 aliphatic carbocycles. The monoisotopic (exact) mass is 292 g/mol. The van der Waals surface area contributed by atoms with Gasteiger partial charge in [-0.3, -0.25) is 4.72 Å². The first-order valence-corrected chi connectivity index (χ1v) is 7.22. The fourth-order valence-electron chi connectivity index (χ4n) is 1.41. The Kier molecular flexibility index (Phi) is 4.40. The van der Waals surface area contributed by atoms with Crippen LogP contribution >= 0.6 is 0 Å². The van der Waals surface area contributed by atoms with Crippen molar-refractivity contribution in [3.8, 4) is 11.8 Å². The van der Waals surface area contributed by atoms with Crippen LogP contribution < -0.4 is 4.72 Å². The van der Waals surface area contributed by atoms with Crippen LogP contribution in [0.3, 0.4) is 0 Å². The largest absolute Gasteiger partial charge is 0.395 e. The summed E-state index contributed by atoms with van der Waals surface area (Å²) in [7, 11) is -3.66. The molecule has 0 bridgehead atoms. The molecule has 0 saturated carbocycles. The second-order valence-electron chi connectivity index (χ2n) is 3.82. The van der Waals surface area contributed by atoms with Crippen molar-refractivity contribution in [1.82, 2.24) is 5.16 Å². The van der Waals surface area contributed by atoms with Crippen molar-refractivity contribution in [2.45, 2.75) is 11.3 Å². The first-order valence-electron chi connectivity index (χ1n) is 5.74. The average molecular weight is 292 g/mol. The molecule has 0 fully saturated rings. The van der Waals surface area contributed by atoms with Crippen molar-refractivity contribution in [3.63, 3.8) is 0 Å². The van der Waals surface area contributed by atoms with E-state index in [1.807, 2.05) is 0 Å². The first-order chi connectivity index (χ1) is 9.62. The van der Waals surface area contributed by atoms with Gasteiger partial charge in [-0.05, 0) is 24.3 Å². The zero-order valence-corrected chi connectivity index (χ0v) is 11.2. The van der Waals surface area contributed by atoms with Crippen LogP contribution in [0, 0.1) is 11.8 Å². The smallest absolute Gasteiger partial charge is 0.262 e. The zero-order chi connectivity index (χ0) is 14.4. The van der Waals surface area contributed by atoms with Gasteiger partial charge in [0.1, 0.15) is 12.0 Å². The number of rotatable bonds is 4. The zero-order valence-electron chi connectivity index (χ0n) is 10.4. The lowest BCUT2D eigenvalue weighted by Gasteiger charge is -2.05. The van der Waals surface area contributed by atoms with Crippen LogP contribution in [0.5, 0.6) is 0 Å². The first kappa shape index (κ1) is 14.1. The minimum absolute atomic E-state index is 0.00210. The lowest BCUT2D eigenvalue weighted by atomic mass is 10.2. The quantitative estimate of drug-likeness (QED) is 0.826. The van der Waals surface area contributed by atoms with Crippen LogP contribution in [0.1, 0.15) is 12.0 Å². The number of hydrogen-bond donors (Lipinski definition) is 2. The second kappa shape index (κ2) is 6.23. The molecule has 2 aromatic rings. The third kappa shape index (κ3) is 3.60. The summed E-state index contributed by atoms with van der Waals surface area (Å²) in [5, 5.41) is 12.0. The van der Waals surface area contributed by atoms with E-state index in [-0.39, 0.29) is 17.2 Å². The molecular formula is C13H12N2O4S. The molecule has 1 aromatic heterocycles. The Labute approximate surface area is 116 Å². The lowest BCUT2D eigenvalue weighted by molar-refractivity contribution is 0.305. The van der Waals surface area contributed by atoms with Gasteiger partial charge < -0.3 is 9.63 Å². The maximum atomic E-state index is 12.0. The molecule has 0 unspecified atom stereocenters. The number of sulfonamides is 1. The topological polar surface area (TPSA) is 92.4 Å². The molecular weight excluding hydrogens is 280 g/mol. The molecule has 0 saturated heterocycles. The van der Waals surface area contributed by atoms with Crippen molar-refractivity contribution >= 4 is 15.7 Å². The fourth-order valence-corrected chi connectivity index (χ4v) is 2.43. The Bertz CT molecular complexity index is 710. The minimum atomic E-state index is -3.66. The van der Waals surface area contributed by atoms with Gasteiger partial charge in [-0.15, -0.1) is 0 Å². The summed E-state index contributed by atoms with van der Waals surface area (Å²) < 4.78 is 30.9. The Hall–Kier alpha value is -2.30. The molecule has 2 N–H and O–H groups in total. The van der Waals surface area contributed by atoms with Crippen LogP contribution in [-0.2, 0) is 10.0 Å². The van der Waals surface area contributed by atoms with Crippen molar-refractivity contribution in [2.24, 2.45) is 0 Å². The predicted octanol–water partition coefficient (Wildman–Crippen LogP) is 1.21. The van der Waals surface area contributed by atoms with Gasteiger partial charge in [0.2, 0.25) is 0 Å². The van der Waals surface area contributed by atoms with E-state index < -0.39 is 10.0 Å². The SMILES string of the molecule is O=S(=O)(Nc1cnoc1)c1ccc(C#CCCO)cc1. The van der Waals surface area contributed by atoms with E-state index in [0.717, 1.165) is 0 Å². The second-order valence-corrected chi connectivity index (χ2v) is 5.50. The van der Waals surface area contributed by atoms with Crippen LogP contribution in [0.2, 0.25) is 0 Å². The standard InChI is InChI=1S/C13H12N2O4S/c16-8-2-1-3-11-4-6-13(7-5-11)20(17,18)15-12-9-14-19-10-12/h4-7,9-10,15-16H,2,8H2. The van der Waals surface area contributed by atoms with Crippen molar-refractivity contribution in [1.29, 1.82) is 0 Å². The third-order valence-corrected chi connectivity index (χ3v) is 3.72. The van der Waals surface area contributed by atoms with Gasteiger partial charge in [-0.2, -0.15) is 0 Å². The fraction of sp³-hybridized carbons (Fsp3) is 0.154. The van der Waals surface area contributed by atoms with Crippen molar-refractivity contribution in [3.05, 3.63) is 42.3 Å². The summed E-state index contributed by atoms with van der Waals surface area (Å²) in [5.74, 6) is 5.58. The Balaban J connectivity index is 2.15. The van der Waals surface area contributed by atoms with Gasteiger partial charge in [-0.25, -0.2) is 8.42 Å². The van der Waals surface area contributed by atoms with Gasteiger partial charge in [0.15, 0.2) is 0 Å². The van der Waals surface area contributed by atoms with Gasteiger partial charge in [0.05, 0.1) is 17.7 Å². The summed E-state index contributed by atoms with van der Waals surface area (Å²) in [5.41, 5.74) is 0.944. The number of aliphatic hydroxyl groups is 1. The maximum absolute atomic E-state index is 12.0. The van der Waals surface area contributed by atoms with E-state index in [1.165, 1.54) is 24.6 Å². The highest BCUT2D eigenvalue weighted by Gasteiger charge is 2.14. The highest BCUT2D eigenvalue weighted by molar-refractivity contribution is 7.92. The number of hydrogen-bond acceptors (Lipinski definition) is 5. The lowest BCUT2D eigenvalue weighted by Crippen LogP contribution is -2.12. The number of benzene rings is 1. The van der Waals surface area contributed by atoms with Crippen molar-refractivity contribution < 1.29 is 18.0 Å². The summed E-state index contributed by atoms with van der Waals surface area (Å²) in [6.07, 6.45) is 2.85. The van der Waals surface area contributed by atoms with E-state index in [9.17, 15) is 8.42 Å². The molecule has 104 valence electrons. The normalized spacial score (nSPS) is 10.7. The Morgan fingerprint density at radius 2 is 2.05 bits per heavy atom. The molecule has 0 aliphatic heterocycles. The molecule has 20 heavy (non-hydrogen) atoms. The maximum Gasteiger partial charge on any atom is 0.262 e. The molecule has 0 aliphatic rings. The molecule has 0 spiro atoms. The molecule has 6 nitrogen and oxygen atoms in total. The third-order valence-electron chi connectivity index (χ3n) is 2.32. The molecule has 0 amide bonds. The summed E-state index contributed by atoms with van der Waals surface area (Å²) >= 11 is 0.